The summed E-state index contributed by atoms with van der Waals surface area (Å²) in [6, 6.07) is 16.5. The summed E-state index contributed by atoms with van der Waals surface area (Å²) < 4.78 is 11.1. The summed E-state index contributed by atoms with van der Waals surface area (Å²) in [5.41, 5.74) is 1.62. The van der Waals surface area contributed by atoms with Crippen molar-refractivity contribution in [3.63, 3.8) is 0 Å². The number of aliphatic hydroxyl groups is 1. The normalized spacial score (nSPS) is 20.5. The molecule has 0 radical (unpaired) electrons. The van der Waals surface area contributed by atoms with E-state index in [1.807, 2.05) is 30.3 Å². The number of nitrogens with one attached hydrogen (secondary N) is 1. The molecule has 1 saturated heterocycles. The molecule has 1 aliphatic heterocycles. The third-order valence-corrected chi connectivity index (χ3v) is 4.23. The van der Waals surface area contributed by atoms with Gasteiger partial charge in [0, 0.05) is 12.2 Å². The van der Waals surface area contributed by atoms with E-state index in [9.17, 15) is 9.90 Å². The smallest absolute Gasteiger partial charge is 0.251 e. The third kappa shape index (κ3) is 5.05. The standard InChI is InChI=1S/C20H23NO4/c22-19-7-4-12-24-14-18(19)21-20(23)16-8-10-17(11-9-16)25-13-15-5-2-1-3-6-15/h1-3,5-6,8-11,18-19,22H,4,7,12-14H2,(H,21,23)/t18-,19-/m1/s1. The van der Waals surface area contributed by atoms with Crippen LogP contribution < -0.4 is 10.1 Å². The molecule has 1 aliphatic rings. The van der Waals surface area contributed by atoms with Crippen molar-refractivity contribution in [1.82, 2.24) is 5.32 Å². The van der Waals surface area contributed by atoms with Crippen LogP contribution in [0, 0.1) is 0 Å². The average molecular weight is 341 g/mol. The summed E-state index contributed by atoms with van der Waals surface area (Å²) in [5, 5.41) is 12.9. The fourth-order valence-corrected chi connectivity index (χ4v) is 2.75. The number of hydrogen-bond acceptors (Lipinski definition) is 4. The molecule has 25 heavy (non-hydrogen) atoms. The molecular weight excluding hydrogens is 318 g/mol. The molecule has 132 valence electrons. The lowest BCUT2D eigenvalue weighted by Crippen LogP contribution is -2.45. The van der Waals surface area contributed by atoms with Crippen molar-refractivity contribution >= 4 is 5.91 Å². The molecule has 0 aliphatic carbocycles. The van der Waals surface area contributed by atoms with Crippen LogP contribution in [0.3, 0.4) is 0 Å². The van der Waals surface area contributed by atoms with Crippen molar-refractivity contribution in [1.29, 1.82) is 0 Å². The van der Waals surface area contributed by atoms with E-state index in [1.54, 1.807) is 24.3 Å². The van der Waals surface area contributed by atoms with E-state index in [2.05, 4.69) is 5.32 Å². The van der Waals surface area contributed by atoms with Gasteiger partial charge in [-0.1, -0.05) is 30.3 Å². The van der Waals surface area contributed by atoms with Gasteiger partial charge in [0.15, 0.2) is 0 Å². The van der Waals surface area contributed by atoms with Crippen LogP contribution in [0.15, 0.2) is 54.6 Å². The maximum Gasteiger partial charge on any atom is 0.251 e. The number of hydrogen-bond donors (Lipinski definition) is 2. The van der Waals surface area contributed by atoms with Crippen LogP contribution in [0.1, 0.15) is 28.8 Å². The Morgan fingerprint density at radius 1 is 1.16 bits per heavy atom. The second-order valence-electron chi connectivity index (χ2n) is 6.16. The fraction of sp³-hybridized carbons (Fsp3) is 0.350. The number of rotatable bonds is 5. The van der Waals surface area contributed by atoms with Gasteiger partial charge in [-0.25, -0.2) is 0 Å². The molecule has 1 amide bonds. The van der Waals surface area contributed by atoms with Crippen molar-refractivity contribution in [2.75, 3.05) is 13.2 Å². The Bertz CT molecular complexity index is 672. The van der Waals surface area contributed by atoms with Gasteiger partial charge in [0.2, 0.25) is 0 Å². The largest absolute Gasteiger partial charge is 0.489 e. The first-order valence-corrected chi connectivity index (χ1v) is 8.56. The molecule has 2 N–H and O–H groups in total. The molecule has 5 heteroatoms. The van der Waals surface area contributed by atoms with Gasteiger partial charge in [-0.05, 0) is 42.7 Å². The molecule has 2 aromatic carbocycles. The Hall–Kier alpha value is -2.37. The molecular formula is C20H23NO4. The van der Waals surface area contributed by atoms with Crippen molar-refractivity contribution in [2.24, 2.45) is 0 Å². The van der Waals surface area contributed by atoms with Gasteiger partial charge in [0.25, 0.3) is 5.91 Å². The van der Waals surface area contributed by atoms with Gasteiger partial charge in [-0.15, -0.1) is 0 Å². The maximum absolute atomic E-state index is 12.3. The first kappa shape index (κ1) is 17.5. The lowest BCUT2D eigenvalue weighted by atomic mass is 10.1. The van der Waals surface area contributed by atoms with Gasteiger partial charge in [0.05, 0.1) is 18.8 Å². The summed E-state index contributed by atoms with van der Waals surface area (Å²) in [5.74, 6) is 0.488. The first-order valence-electron chi connectivity index (χ1n) is 8.56. The lowest BCUT2D eigenvalue weighted by molar-refractivity contribution is 0.0659. The van der Waals surface area contributed by atoms with E-state index in [4.69, 9.17) is 9.47 Å². The summed E-state index contributed by atoms with van der Waals surface area (Å²) in [4.78, 5) is 12.3. The monoisotopic (exact) mass is 341 g/mol. The van der Waals surface area contributed by atoms with Gasteiger partial charge < -0.3 is 19.9 Å². The van der Waals surface area contributed by atoms with Crippen LogP contribution in [-0.2, 0) is 11.3 Å². The molecule has 2 atom stereocenters. The molecule has 0 unspecified atom stereocenters. The van der Waals surface area contributed by atoms with Crippen molar-refractivity contribution in [3.8, 4) is 5.75 Å². The van der Waals surface area contributed by atoms with Crippen molar-refractivity contribution in [3.05, 3.63) is 65.7 Å². The molecule has 0 bridgehead atoms. The summed E-state index contributed by atoms with van der Waals surface area (Å²) in [6.45, 7) is 1.44. The third-order valence-electron chi connectivity index (χ3n) is 4.23. The molecule has 0 spiro atoms. The van der Waals surface area contributed by atoms with Crippen molar-refractivity contribution < 1.29 is 19.4 Å². The number of benzene rings is 2. The highest BCUT2D eigenvalue weighted by atomic mass is 16.5. The van der Waals surface area contributed by atoms with Crippen LogP contribution in [0.4, 0.5) is 0 Å². The Kier molecular flexibility index (Phi) is 6.04. The van der Waals surface area contributed by atoms with E-state index in [1.165, 1.54) is 0 Å². The van der Waals surface area contributed by atoms with Gasteiger partial charge in [0.1, 0.15) is 12.4 Å². The quantitative estimate of drug-likeness (QED) is 0.877. The first-order chi connectivity index (χ1) is 12.2. The highest BCUT2D eigenvalue weighted by Crippen LogP contribution is 2.15. The highest BCUT2D eigenvalue weighted by Gasteiger charge is 2.24. The van der Waals surface area contributed by atoms with Crippen LogP contribution in [-0.4, -0.2) is 36.4 Å². The fourth-order valence-electron chi connectivity index (χ4n) is 2.75. The molecule has 0 saturated carbocycles. The number of aliphatic hydroxyl groups excluding tert-OH is 1. The SMILES string of the molecule is O=C(N[C@@H]1COCCC[C@H]1O)c1ccc(OCc2ccccc2)cc1. The Labute approximate surface area is 147 Å². The zero-order chi connectivity index (χ0) is 17.5. The topological polar surface area (TPSA) is 67.8 Å². The van der Waals surface area contributed by atoms with Crippen molar-refractivity contribution in [2.45, 2.75) is 31.6 Å². The van der Waals surface area contributed by atoms with E-state index in [0.717, 1.165) is 12.0 Å². The molecule has 5 nitrogen and oxygen atoms in total. The minimum absolute atomic E-state index is 0.218. The van der Waals surface area contributed by atoms with E-state index < -0.39 is 6.10 Å². The minimum Gasteiger partial charge on any atom is -0.489 e. The van der Waals surface area contributed by atoms with Crippen LogP contribution in [0.25, 0.3) is 0 Å². The highest BCUT2D eigenvalue weighted by molar-refractivity contribution is 5.94. The van der Waals surface area contributed by atoms with E-state index in [-0.39, 0.29) is 11.9 Å². The van der Waals surface area contributed by atoms with Crippen LogP contribution >= 0.6 is 0 Å². The van der Waals surface area contributed by atoms with Gasteiger partial charge >= 0.3 is 0 Å². The maximum atomic E-state index is 12.3. The number of carbonyl (C=O) groups is 1. The van der Waals surface area contributed by atoms with Crippen LogP contribution in [0.2, 0.25) is 0 Å². The summed E-state index contributed by atoms with van der Waals surface area (Å²) in [6.07, 6.45) is 0.873. The van der Waals surface area contributed by atoms with E-state index >= 15 is 0 Å². The Balaban J connectivity index is 1.55. The second-order valence-corrected chi connectivity index (χ2v) is 6.16. The second kappa shape index (κ2) is 8.65. The molecule has 1 heterocycles. The van der Waals surface area contributed by atoms with Gasteiger partial charge in [-0.2, -0.15) is 0 Å². The zero-order valence-electron chi connectivity index (χ0n) is 14.1. The molecule has 3 rings (SSSR count). The number of carbonyl (C=O) groups excluding carboxylic acids is 1. The lowest BCUT2D eigenvalue weighted by Gasteiger charge is -2.21. The average Bonchev–Trinajstić information content (AvgIpc) is 2.86. The molecule has 0 aromatic heterocycles. The molecule has 2 aromatic rings. The minimum atomic E-state index is -0.570. The van der Waals surface area contributed by atoms with E-state index in [0.29, 0.717) is 37.6 Å². The Morgan fingerprint density at radius 2 is 1.92 bits per heavy atom. The predicted octanol–water partition coefficient (Wildman–Crippen LogP) is 2.54. The molecule has 1 fully saturated rings. The predicted molar refractivity (Wildman–Crippen MR) is 94.5 cm³/mol. The summed E-state index contributed by atoms with van der Waals surface area (Å²) >= 11 is 0. The van der Waals surface area contributed by atoms with Gasteiger partial charge in [-0.3, -0.25) is 4.79 Å². The number of ether oxygens (including phenoxy) is 2. The zero-order valence-corrected chi connectivity index (χ0v) is 14.1. The van der Waals surface area contributed by atoms with Crippen LogP contribution in [0.5, 0.6) is 5.75 Å². The Morgan fingerprint density at radius 3 is 2.68 bits per heavy atom. The summed E-state index contributed by atoms with van der Waals surface area (Å²) in [7, 11) is 0. The number of amides is 1.